The molecule has 0 aliphatic carbocycles. The zero-order valence-corrected chi connectivity index (χ0v) is 12.5. The van der Waals surface area contributed by atoms with Crippen LogP contribution in [0.5, 0.6) is 0 Å². The first kappa shape index (κ1) is 15.4. The second-order valence-electron chi connectivity index (χ2n) is 5.50. The Morgan fingerprint density at radius 3 is 2.57 bits per heavy atom. The monoisotopic (exact) mass is 291 g/mol. The quantitative estimate of drug-likeness (QED) is 0.916. The molecule has 114 valence electrons. The number of carboxylic acids is 1. The third kappa shape index (κ3) is 3.56. The van der Waals surface area contributed by atoms with Gasteiger partial charge < -0.3 is 10.0 Å². The van der Waals surface area contributed by atoms with Gasteiger partial charge in [-0.25, -0.2) is 9.97 Å². The lowest BCUT2D eigenvalue weighted by Crippen LogP contribution is -2.44. The van der Waals surface area contributed by atoms with Crippen LogP contribution in [0.25, 0.3) is 0 Å². The van der Waals surface area contributed by atoms with Gasteiger partial charge in [-0.1, -0.05) is 0 Å². The zero-order chi connectivity index (χ0) is 15.4. The summed E-state index contributed by atoms with van der Waals surface area (Å²) in [5.41, 5.74) is 1.91. The highest BCUT2D eigenvalue weighted by molar-refractivity contribution is 5.96. The molecule has 0 saturated carbocycles. The molecule has 1 aromatic heterocycles. The molecule has 0 spiro atoms. The molecule has 1 amide bonds. The molecule has 6 heteroatoms. The van der Waals surface area contributed by atoms with Gasteiger partial charge in [0.2, 0.25) is 0 Å². The molecule has 1 aliphatic heterocycles. The van der Waals surface area contributed by atoms with Crippen LogP contribution < -0.4 is 0 Å². The van der Waals surface area contributed by atoms with E-state index in [1.807, 2.05) is 4.90 Å². The summed E-state index contributed by atoms with van der Waals surface area (Å²) in [6.45, 7) is 4.28. The van der Waals surface area contributed by atoms with Gasteiger partial charge in [0.15, 0.2) is 0 Å². The summed E-state index contributed by atoms with van der Waals surface area (Å²) in [4.78, 5) is 33.6. The highest BCUT2D eigenvalue weighted by atomic mass is 16.4. The summed E-state index contributed by atoms with van der Waals surface area (Å²) in [5, 5.41) is 8.85. The van der Waals surface area contributed by atoms with Crippen molar-refractivity contribution in [2.75, 3.05) is 6.54 Å². The number of likely N-dealkylation sites (tertiary alicyclic amines) is 1. The smallest absolute Gasteiger partial charge is 0.303 e. The van der Waals surface area contributed by atoms with E-state index in [0.29, 0.717) is 29.9 Å². The number of aromatic nitrogens is 2. The predicted octanol–water partition coefficient (Wildman–Crippen LogP) is 1.95. The van der Waals surface area contributed by atoms with Crippen LogP contribution in [0.15, 0.2) is 6.33 Å². The molecule has 1 N–H and O–H groups in total. The summed E-state index contributed by atoms with van der Waals surface area (Å²) in [6.07, 6.45) is 4.92. The molecule has 0 aromatic carbocycles. The van der Waals surface area contributed by atoms with Gasteiger partial charge in [-0.15, -0.1) is 0 Å². The standard InChI is InChI=1S/C15H21N3O3/c1-10-14(11(2)17-9-16-10)15(21)18-8-4-3-5-12(18)6-7-13(19)20/h9,12H,3-8H2,1-2H3,(H,19,20). The lowest BCUT2D eigenvalue weighted by atomic mass is 9.96. The Bertz CT molecular complexity index is 525. The number of aliphatic carboxylic acids is 1. The van der Waals surface area contributed by atoms with Crippen molar-refractivity contribution in [3.05, 3.63) is 23.3 Å². The molecule has 1 atom stereocenters. The van der Waals surface area contributed by atoms with E-state index in [1.165, 1.54) is 6.33 Å². The lowest BCUT2D eigenvalue weighted by Gasteiger charge is -2.36. The second kappa shape index (κ2) is 6.65. The van der Waals surface area contributed by atoms with Gasteiger partial charge in [0.1, 0.15) is 6.33 Å². The van der Waals surface area contributed by atoms with Crippen molar-refractivity contribution in [1.29, 1.82) is 0 Å². The number of carboxylic acid groups (broad SMARTS) is 1. The Hall–Kier alpha value is -1.98. The van der Waals surface area contributed by atoms with Crippen LogP contribution in [0, 0.1) is 13.8 Å². The number of hydrogen-bond donors (Lipinski definition) is 1. The van der Waals surface area contributed by atoms with E-state index < -0.39 is 5.97 Å². The maximum Gasteiger partial charge on any atom is 0.303 e. The summed E-state index contributed by atoms with van der Waals surface area (Å²) in [6, 6.07) is 0.00126. The largest absolute Gasteiger partial charge is 0.481 e. The Labute approximate surface area is 124 Å². The Balaban J connectivity index is 2.20. The first-order valence-corrected chi connectivity index (χ1v) is 7.31. The van der Waals surface area contributed by atoms with E-state index in [9.17, 15) is 9.59 Å². The van der Waals surface area contributed by atoms with Crippen molar-refractivity contribution in [3.8, 4) is 0 Å². The maximum atomic E-state index is 12.8. The maximum absolute atomic E-state index is 12.8. The normalized spacial score (nSPS) is 18.6. The summed E-state index contributed by atoms with van der Waals surface area (Å²) < 4.78 is 0. The average molecular weight is 291 g/mol. The molecule has 1 fully saturated rings. The van der Waals surface area contributed by atoms with E-state index in [4.69, 9.17) is 5.11 Å². The number of nitrogens with zero attached hydrogens (tertiary/aromatic N) is 3. The minimum Gasteiger partial charge on any atom is -0.481 e. The van der Waals surface area contributed by atoms with E-state index >= 15 is 0 Å². The number of aryl methyl sites for hydroxylation is 2. The molecule has 0 radical (unpaired) electrons. The van der Waals surface area contributed by atoms with Crippen LogP contribution in [-0.2, 0) is 4.79 Å². The molecule has 2 heterocycles. The molecular formula is C15H21N3O3. The van der Waals surface area contributed by atoms with Crippen LogP contribution in [-0.4, -0.2) is 44.4 Å². The fraction of sp³-hybridized carbons (Fsp3) is 0.600. The van der Waals surface area contributed by atoms with Crippen molar-refractivity contribution >= 4 is 11.9 Å². The van der Waals surface area contributed by atoms with Gasteiger partial charge in [0.05, 0.1) is 17.0 Å². The zero-order valence-electron chi connectivity index (χ0n) is 12.5. The van der Waals surface area contributed by atoms with Crippen LogP contribution in [0.2, 0.25) is 0 Å². The minimum atomic E-state index is -0.816. The number of carbonyl (C=O) groups excluding carboxylic acids is 1. The third-order valence-corrected chi connectivity index (χ3v) is 4.02. The first-order valence-electron chi connectivity index (χ1n) is 7.31. The van der Waals surface area contributed by atoms with Crippen LogP contribution in [0.1, 0.15) is 53.8 Å². The van der Waals surface area contributed by atoms with Crippen molar-refractivity contribution in [3.63, 3.8) is 0 Å². The van der Waals surface area contributed by atoms with Gasteiger partial charge in [-0.05, 0) is 39.5 Å². The molecule has 1 aromatic rings. The summed E-state index contributed by atoms with van der Waals surface area (Å²) in [5.74, 6) is -0.885. The van der Waals surface area contributed by atoms with E-state index in [2.05, 4.69) is 9.97 Å². The SMILES string of the molecule is Cc1ncnc(C)c1C(=O)N1CCCCC1CCC(=O)O. The molecule has 21 heavy (non-hydrogen) atoms. The van der Waals surface area contributed by atoms with Crippen molar-refractivity contribution < 1.29 is 14.7 Å². The first-order chi connectivity index (χ1) is 10.0. The van der Waals surface area contributed by atoms with E-state index in [1.54, 1.807) is 13.8 Å². The Morgan fingerprint density at radius 1 is 1.29 bits per heavy atom. The van der Waals surface area contributed by atoms with Crippen LogP contribution in [0.3, 0.4) is 0 Å². The van der Waals surface area contributed by atoms with Gasteiger partial charge in [-0.2, -0.15) is 0 Å². The van der Waals surface area contributed by atoms with Gasteiger partial charge in [-0.3, -0.25) is 9.59 Å². The molecule has 6 nitrogen and oxygen atoms in total. The van der Waals surface area contributed by atoms with Crippen molar-refractivity contribution in [2.24, 2.45) is 0 Å². The highest BCUT2D eigenvalue weighted by Crippen LogP contribution is 2.24. The second-order valence-corrected chi connectivity index (χ2v) is 5.50. The fourth-order valence-electron chi connectivity index (χ4n) is 2.90. The van der Waals surface area contributed by atoms with E-state index in [-0.39, 0.29) is 18.4 Å². The Morgan fingerprint density at radius 2 is 1.95 bits per heavy atom. The third-order valence-electron chi connectivity index (χ3n) is 4.02. The van der Waals surface area contributed by atoms with Crippen LogP contribution in [0.4, 0.5) is 0 Å². The van der Waals surface area contributed by atoms with E-state index in [0.717, 1.165) is 19.3 Å². The molecule has 0 bridgehead atoms. The van der Waals surface area contributed by atoms with Gasteiger partial charge in [0.25, 0.3) is 5.91 Å². The highest BCUT2D eigenvalue weighted by Gasteiger charge is 2.29. The molecular weight excluding hydrogens is 270 g/mol. The Kier molecular flexibility index (Phi) is 4.88. The average Bonchev–Trinajstić information content (AvgIpc) is 2.45. The molecule has 1 unspecified atom stereocenters. The topological polar surface area (TPSA) is 83.4 Å². The van der Waals surface area contributed by atoms with Gasteiger partial charge >= 0.3 is 5.97 Å². The van der Waals surface area contributed by atoms with Gasteiger partial charge in [0, 0.05) is 19.0 Å². The van der Waals surface area contributed by atoms with Crippen molar-refractivity contribution in [2.45, 2.75) is 52.0 Å². The van der Waals surface area contributed by atoms with Crippen LogP contribution >= 0.6 is 0 Å². The summed E-state index contributed by atoms with van der Waals surface area (Å²) in [7, 11) is 0. The molecule has 1 aliphatic rings. The number of rotatable bonds is 4. The molecule has 1 saturated heterocycles. The fourth-order valence-corrected chi connectivity index (χ4v) is 2.90. The number of hydrogen-bond acceptors (Lipinski definition) is 4. The lowest BCUT2D eigenvalue weighted by molar-refractivity contribution is -0.137. The predicted molar refractivity (Wildman–Crippen MR) is 77.1 cm³/mol. The number of amides is 1. The molecule has 2 rings (SSSR count). The minimum absolute atomic E-state index is 0.00126. The number of piperidine rings is 1. The van der Waals surface area contributed by atoms with Crippen molar-refractivity contribution in [1.82, 2.24) is 14.9 Å². The number of carbonyl (C=O) groups is 2. The summed E-state index contributed by atoms with van der Waals surface area (Å²) >= 11 is 0.